The molecule has 0 aromatic carbocycles. The van der Waals surface area contributed by atoms with Crippen LogP contribution in [-0.4, -0.2) is 35.5 Å². The van der Waals surface area contributed by atoms with E-state index in [9.17, 15) is 13.6 Å². The van der Waals surface area contributed by atoms with Gasteiger partial charge in [-0.2, -0.15) is 0 Å². The van der Waals surface area contributed by atoms with Crippen LogP contribution in [0.4, 0.5) is 13.6 Å². The van der Waals surface area contributed by atoms with E-state index in [-0.39, 0.29) is 37.5 Å². The first-order valence-electron chi connectivity index (χ1n) is 6.77. The fraction of sp³-hybridized carbons (Fsp3) is 0.923. The Labute approximate surface area is 108 Å². The molecule has 5 heteroatoms. The third kappa shape index (κ3) is 4.10. The second-order valence-electron chi connectivity index (χ2n) is 5.44. The Bertz CT molecular complexity index is 287. The van der Waals surface area contributed by atoms with Gasteiger partial charge in [0.25, 0.3) is 5.92 Å². The van der Waals surface area contributed by atoms with Crippen molar-refractivity contribution in [3.63, 3.8) is 0 Å². The largest absolute Gasteiger partial charge is 0.333 e. The Morgan fingerprint density at radius 1 is 1.33 bits per heavy atom. The van der Waals surface area contributed by atoms with Gasteiger partial charge in [-0.15, -0.1) is 0 Å². The lowest BCUT2D eigenvalue weighted by atomic mass is 9.93. The van der Waals surface area contributed by atoms with Crippen molar-refractivity contribution >= 4 is 6.03 Å². The van der Waals surface area contributed by atoms with E-state index in [1.165, 1.54) is 4.90 Å². The molecular weight excluding hydrogens is 238 g/mol. The second-order valence-corrected chi connectivity index (χ2v) is 5.44. The average molecular weight is 262 g/mol. The van der Waals surface area contributed by atoms with Crippen LogP contribution < -0.4 is 5.32 Å². The Morgan fingerprint density at radius 2 is 1.89 bits per heavy atom. The summed E-state index contributed by atoms with van der Waals surface area (Å²) >= 11 is 0. The first kappa shape index (κ1) is 15.2. The lowest BCUT2D eigenvalue weighted by molar-refractivity contribution is -0.0473. The number of nitrogens with zero attached hydrogens (tertiary/aromatic N) is 1. The van der Waals surface area contributed by atoms with Crippen LogP contribution in [0.3, 0.4) is 0 Å². The van der Waals surface area contributed by atoms with Gasteiger partial charge in [-0.05, 0) is 19.8 Å². The molecule has 1 aliphatic rings. The molecule has 1 unspecified atom stereocenters. The minimum Gasteiger partial charge on any atom is -0.333 e. The summed E-state index contributed by atoms with van der Waals surface area (Å²) in [6, 6.07) is -0.205. The van der Waals surface area contributed by atoms with Crippen molar-refractivity contribution in [3.8, 4) is 0 Å². The molecule has 1 atom stereocenters. The molecule has 0 aliphatic carbocycles. The number of piperidine rings is 1. The summed E-state index contributed by atoms with van der Waals surface area (Å²) in [5.74, 6) is -2.60. The number of carbonyl (C=O) groups excluding carboxylic acids is 1. The predicted molar refractivity (Wildman–Crippen MR) is 67.9 cm³/mol. The predicted octanol–water partition coefficient (Wildman–Crippen LogP) is 3.40. The zero-order chi connectivity index (χ0) is 13.8. The molecule has 1 saturated heterocycles. The van der Waals surface area contributed by atoms with E-state index in [0.29, 0.717) is 0 Å². The van der Waals surface area contributed by atoms with Gasteiger partial charge in [-0.25, -0.2) is 13.6 Å². The number of hydrogen-bond donors (Lipinski definition) is 1. The summed E-state index contributed by atoms with van der Waals surface area (Å²) in [6.07, 6.45) is 2.28. The maximum absolute atomic E-state index is 13.0. The van der Waals surface area contributed by atoms with Crippen LogP contribution in [0, 0.1) is 0 Å². The summed E-state index contributed by atoms with van der Waals surface area (Å²) in [5.41, 5.74) is -0.230. The number of likely N-dealkylation sites (tertiary alicyclic amines) is 1. The maximum atomic E-state index is 13.0. The van der Waals surface area contributed by atoms with E-state index in [1.54, 1.807) is 0 Å². The van der Waals surface area contributed by atoms with E-state index in [2.05, 4.69) is 12.2 Å². The van der Waals surface area contributed by atoms with Gasteiger partial charge in [0.15, 0.2) is 0 Å². The van der Waals surface area contributed by atoms with Crippen molar-refractivity contribution in [3.05, 3.63) is 0 Å². The summed E-state index contributed by atoms with van der Waals surface area (Å²) in [4.78, 5) is 13.5. The van der Waals surface area contributed by atoms with Crippen molar-refractivity contribution in [1.82, 2.24) is 10.2 Å². The van der Waals surface area contributed by atoms with Gasteiger partial charge < -0.3 is 10.2 Å². The molecule has 0 aromatic rings. The van der Waals surface area contributed by atoms with Crippen molar-refractivity contribution in [2.45, 2.75) is 64.3 Å². The fourth-order valence-electron chi connectivity index (χ4n) is 2.25. The first-order valence-corrected chi connectivity index (χ1v) is 6.77. The van der Waals surface area contributed by atoms with Crippen LogP contribution in [-0.2, 0) is 0 Å². The van der Waals surface area contributed by atoms with Crippen molar-refractivity contribution in [2.24, 2.45) is 0 Å². The molecule has 18 heavy (non-hydrogen) atoms. The molecule has 3 nitrogen and oxygen atoms in total. The monoisotopic (exact) mass is 262 g/mol. The van der Waals surface area contributed by atoms with Crippen LogP contribution in [0.2, 0.25) is 0 Å². The smallest absolute Gasteiger partial charge is 0.317 e. The summed E-state index contributed by atoms with van der Waals surface area (Å²) in [7, 11) is 0. The van der Waals surface area contributed by atoms with Crippen LogP contribution in [0.15, 0.2) is 0 Å². The van der Waals surface area contributed by atoms with Crippen LogP contribution in [0.5, 0.6) is 0 Å². The van der Waals surface area contributed by atoms with Gasteiger partial charge in [-0.1, -0.05) is 20.3 Å². The average Bonchev–Trinajstić information content (AvgIpc) is 2.29. The van der Waals surface area contributed by atoms with Crippen molar-refractivity contribution < 1.29 is 13.6 Å². The van der Waals surface area contributed by atoms with Crippen LogP contribution in [0.25, 0.3) is 0 Å². The van der Waals surface area contributed by atoms with Gasteiger partial charge in [0.1, 0.15) is 0 Å². The number of rotatable bonds is 4. The Balaban J connectivity index is 2.50. The quantitative estimate of drug-likeness (QED) is 0.827. The standard InChI is InChI=1S/C13H24F2N2O/c1-4-6-12(3,5-2)16-11(18)17-9-7-13(14,15)8-10-17/h4-10H2,1-3H3,(H,16,18). The number of nitrogens with one attached hydrogen (secondary N) is 1. The molecule has 1 aliphatic heterocycles. The van der Waals surface area contributed by atoms with Crippen LogP contribution in [0.1, 0.15) is 52.9 Å². The molecule has 106 valence electrons. The maximum Gasteiger partial charge on any atom is 0.317 e. The number of urea groups is 1. The van der Waals surface area contributed by atoms with Gasteiger partial charge in [-0.3, -0.25) is 0 Å². The number of halogens is 2. The fourth-order valence-corrected chi connectivity index (χ4v) is 2.25. The normalized spacial score (nSPS) is 22.4. The summed E-state index contributed by atoms with van der Waals surface area (Å²) < 4.78 is 26.0. The molecular formula is C13H24F2N2O. The Morgan fingerprint density at radius 3 is 2.33 bits per heavy atom. The highest BCUT2D eigenvalue weighted by Crippen LogP contribution is 2.28. The highest BCUT2D eigenvalue weighted by molar-refractivity contribution is 5.75. The lowest BCUT2D eigenvalue weighted by Gasteiger charge is -2.36. The highest BCUT2D eigenvalue weighted by atomic mass is 19.3. The Kier molecular flexibility index (Phi) is 4.93. The molecule has 2 amide bonds. The van der Waals surface area contributed by atoms with Gasteiger partial charge in [0.2, 0.25) is 0 Å². The number of amides is 2. The van der Waals surface area contributed by atoms with Gasteiger partial charge in [0.05, 0.1) is 0 Å². The number of hydrogen-bond acceptors (Lipinski definition) is 1. The van der Waals surface area contributed by atoms with Crippen molar-refractivity contribution in [1.29, 1.82) is 0 Å². The molecule has 1 fully saturated rings. The molecule has 1 N–H and O–H groups in total. The zero-order valence-corrected chi connectivity index (χ0v) is 11.6. The van der Waals surface area contributed by atoms with E-state index in [4.69, 9.17) is 0 Å². The number of alkyl halides is 2. The Hall–Kier alpha value is -0.870. The summed E-state index contributed by atoms with van der Waals surface area (Å²) in [5, 5.41) is 2.98. The minimum atomic E-state index is -2.60. The lowest BCUT2D eigenvalue weighted by Crippen LogP contribution is -2.54. The first-order chi connectivity index (χ1) is 8.32. The summed E-state index contributed by atoms with van der Waals surface area (Å²) in [6.45, 7) is 6.39. The molecule has 0 aromatic heterocycles. The number of carbonyl (C=O) groups is 1. The van der Waals surface area contributed by atoms with E-state index in [1.807, 2.05) is 13.8 Å². The third-order valence-corrected chi connectivity index (χ3v) is 3.77. The van der Waals surface area contributed by atoms with Gasteiger partial charge in [0, 0.05) is 31.5 Å². The third-order valence-electron chi connectivity index (χ3n) is 3.77. The van der Waals surface area contributed by atoms with Gasteiger partial charge >= 0.3 is 6.03 Å². The van der Waals surface area contributed by atoms with Crippen molar-refractivity contribution in [2.75, 3.05) is 13.1 Å². The molecule has 1 rings (SSSR count). The second kappa shape index (κ2) is 5.85. The minimum absolute atomic E-state index is 0.144. The van der Waals surface area contributed by atoms with E-state index in [0.717, 1.165) is 19.3 Å². The molecule has 0 bridgehead atoms. The molecule has 0 saturated carbocycles. The zero-order valence-electron chi connectivity index (χ0n) is 11.6. The SMILES string of the molecule is CCCC(C)(CC)NC(=O)N1CCC(F)(F)CC1. The topological polar surface area (TPSA) is 32.3 Å². The van der Waals surface area contributed by atoms with Crippen LogP contribution >= 0.6 is 0 Å². The van der Waals surface area contributed by atoms with E-state index < -0.39 is 5.92 Å². The molecule has 0 spiro atoms. The van der Waals surface area contributed by atoms with E-state index >= 15 is 0 Å². The molecule has 1 heterocycles. The molecule has 0 radical (unpaired) electrons. The highest BCUT2D eigenvalue weighted by Gasteiger charge is 2.36.